The summed E-state index contributed by atoms with van der Waals surface area (Å²) in [6.45, 7) is 2.10. The van der Waals surface area contributed by atoms with Crippen molar-refractivity contribution >= 4 is 18.3 Å². The van der Waals surface area contributed by atoms with E-state index in [1.54, 1.807) is 0 Å². The maximum atomic E-state index is 11.9. The molecule has 2 N–H and O–H groups in total. The molecule has 0 saturated heterocycles. The fourth-order valence-corrected chi connectivity index (χ4v) is 3.40. The Morgan fingerprint density at radius 3 is 2.81 bits per heavy atom. The molecule has 26 heavy (non-hydrogen) atoms. The van der Waals surface area contributed by atoms with Crippen molar-refractivity contribution in [3.05, 3.63) is 59.2 Å². The second-order valence-electron chi connectivity index (χ2n) is 6.41. The van der Waals surface area contributed by atoms with Gasteiger partial charge in [0.1, 0.15) is 11.5 Å². The number of amides is 1. The number of hydrogen-bond donors (Lipinski definition) is 2. The Morgan fingerprint density at radius 1 is 1.00 bits per heavy atom. The van der Waals surface area contributed by atoms with Gasteiger partial charge in [-0.15, -0.1) is 12.4 Å². The minimum absolute atomic E-state index is 0. The van der Waals surface area contributed by atoms with E-state index >= 15 is 0 Å². The van der Waals surface area contributed by atoms with Crippen LogP contribution in [0.3, 0.4) is 0 Å². The lowest BCUT2D eigenvalue weighted by molar-refractivity contribution is -0.123. The van der Waals surface area contributed by atoms with E-state index < -0.39 is 0 Å². The number of nitrogens with one attached hydrogen (secondary N) is 2. The molecule has 3 aliphatic heterocycles. The summed E-state index contributed by atoms with van der Waals surface area (Å²) in [5.74, 6) is 1.51. The molecule has 1 atom stereocenters. The average Bonchev–Trinajstić information content (AvgIpc) is 2.65. The van der Waals surface area contributed by atoms with Crippen LogP contribution in [0.25, 0.3) is 0 Å². The molecule has 0 fully saturated rings. The van der Waals surface area contributed by atoms with Gasteiger partial charge in [0.25, 0.3) is 5.91 Å². The molecule has 6 bridgehead atoms. The van der Waals surface area contributed by atoms with Gasteiger partial charge in [-0.2, -0.15) is 0 Å². The van der Waals surface area contributed by atoms with Crippen molar-refractivity contribution in [2.75, 3.05) is 26.3 Å². The topological polar surface area (TPSA) is 59.6 Å². The molecule has 0 radical (unpaired) electrons. The van der Waals surface area contributed by atoms with Crippen molar-refractivity contribution in [3.63, 3.8) is 0 Å². The highest BCUT2D eigenvalue weighted by molar-refractivity contribution is 5.85. The fourth-order valence-electron chi connectivity index (χ4n) is 3.40. The lowest BCUT2D eigenvalue weighted by Crippen LogP contribution is -2.31. The molecule has 0 spiro atoms. The third-order valence-electron chi connectivity index (χ3n) is 4.64. The van der Waals surface area contributed by atoms with Gasteiger partial charge in [-0.3, -0.25) is 4.79 Å². The number of benzene rings is 2. The van der Waals surface area contributed by atoms with Crippen LogP contribution < -0.4 is 20.1 Å². The lowest BCUT2D eigenvalue weighted by Gasteiger charge is -2.28. The van der Waals surface area contributed by atoms with Gasteiger partial charge in [0.05, 0.1) is 12.6 Å². The van der Waals surface area contributed by atoms with E-state index in [1.165, 1.54) is 16.7 Å². The fraction of sp³-hybridized carbons (Fsp3) is 0.350. The molecule has 138 valence electrons. The van der Waals surface area contributed by atoms with Gasteiger partial charge in [-0.25, -0.2) is 0 Å². The van der Waals surface area contributed by atoms with Gasteiger partial charge in [-0.05, 0) is 53.8 Å². The van der Waals surface area contributed by atoms with Crippen molar-refractivity contribution in [3.8, 4) is 11.5 Å². The van der Waals surface area contributed by atoms with Crippen LogP contribution >= 0.6 is 12.4 Å². The summed E-state index contributed by atoms with van der Waals surface area (Å²) < 4.78 is 11.5. The molecule has 0 saturated carbocycles. The zero-order chi connectivity index (χ0) is 17.1. The van der Waals surface area contributed by atoms with Crippen LogP contribution in [0.1, 0.15) is 29.2 Å². The third-order valence-corrected chi connectivity index (χ3v) is 4.64. The predicted molar refractivity (Wildman–Crippen MR) is 102 cm³/mol. The first kappa shape index (κ1) is 18.5. The standard InChI is InChI=1S/C20H22N2O3.ClH/c23-19-13-25-17-5-6-18-14(11-17)7-9-22-20(18)15-3-1-4-16(12-15)24-10-2-8-21-19;/h1,3-6,11-12,20,22H,2,7-10,13H2,(H,21,23);1H. The number of rotatable bonds is 0. The molecular weight excluding hydrogens is 352 g/mol. The molecule has 5 rings (SSSR count). The number of halogens is 1. The first-order chi connectivity index (χ1) is 12.3. The number of fused-ring (bicyclic) bond motifs is 8. The van der Waals surface area contributed by atoms with Crippen molar-refractivity contribution < 1.29 is 14.3 Å². The number of hydrogen-bond acceptors (Lipinski definition) is 4. The second-order valence-corrected chi connectivity index (χ2v) is 6.41. The molecule has 2 aromatic carbocycles. The molecule has 0 aromatic heterocycles. The van der Waals surface area contributed by atoms with Crippen LogP contribution in [0.4, 0.5) is 0 Å². The average molecular weight is 375 g/mol. The van der Waals surface area contributed by atoms with Crippen molar-refractivity contribution in [1.29, 1.82) is 0 Å². The van der Waals surface area contributed by atoms with Crippen LogP contribution in [0.2, 0.25) is 0 Å². The molecule has 2 aromatic rings. The first-order valence-electron chi connectivity index (χ1n) is 8.78. The van der Waals surface area contributed by atoms with Crippen LogP contribution in [0, 0.1) is 0 Å². The summed E-state index contributed by atoms with van der Waals surface area (Å²) in [7, 11) is 0. The number of carbonyl (C=O) groups excluding carboxylic acids is 1. The molecule has 3 aliphatic rings. The van der Waals surface area contributed by atoms with Gasteiger partial charge in [0.2, 0.25) is 0 Å². The van der Waals surface area contributed by atoms with Crippen LogP contribution in [-0.4, -0.2) is 32.2 Å². The van der Waals surface area contributed by atoms with Crippen molar-refractivity contribution in [2.45, 2.75) is 18.9 Å². The maximum Gasteiger partial charge on any atom is 0.257 e. The van der Waals surface area contributed by atoms with E-state index in [1.807, 2.05) is 18.2 Å². The zero-order valence-corrected chi connectivity index (χ0v) is 15.3. The normalized spacial score (nSPS) is 19.5. The minimum Gasteiger partial charge on any atom is -0.494 e. The highest BCUT2D eigenvalue weighted by atomic mass is 35.5. The molecule has 5 nitrogen and oxygen atoms in total. The van der Waals surface area contributed by atoms with E-state index in [0.29, 0.717) is 13.2 Å². The van der Waals surface area contributed by atoms with Crippen LogP contribution in [0.15, 0.2) is 42.5 Å². The highest BCUT2D eigenvalue weighted by Gasteiger charge is 2.22. The number of carbonyl (C=O) groups is 1. The molecule has 6 heteroatoms. The van der Waals surface area contributed by atoms with Gasteiger partial charge >= 0.3 is 0 Å². The Kier molecular flexibility index (Phi) is 6.01. The largest absolute Gasteiger partial charge is 0.494 e. The molecular formula is C20H23ClN2O3. The Hall–Kier alpha value is -2.24. The van der Waals surface area contributed by atoms with Gasteiger partial charge in [0.15, 0.2) is 6.61 Å². The van der Waals surface area contributed by atoms with E-state index in [9.17, 15) is 4.79 Å². The van der Waals surface area contributed by atoms with Crippen molar-refractivity contribution in [2.24, 2.45) is 0 Å². The maximum absolute atomic E-state index is 11.9. The van der Waals surface area contributed by atoms with E-state index in [4.69, 9.17) is 9.47 Å². The molecule has 3 heterocycles. The van der Waals surface area contributed by atoms with Gasteiger partial charge < -0.3 is 20.1 Å². The Bertz CT molecular complexity index is 781. The van der Waals surface area contributed by atoms with Crippen LogP contribution in [0.5, 0.6) is 11.5 Å². The van der Waals surface area contributed by atoms with Crippen LogP contribution in [-0.2, 0) is 11.2 Å². The lowest BCUT2D eigenvalue weighted by atomic mass is 9.89. The quantitative estimate of drug-likeness (QED) is 0.744. The summed E-state index contributed by atoms with van der Waals surface area (Å²) in [5.41, 5.74) is 3.72. The summed E-state index contributed by atoms with van der Waals surface area (Å²) in [6, 6.07) is 14.5. The molecule has 1 amide bonds. The molecule has 1 unspecified atom stereocenters. The third kappa shape index (κ3) is 4.11. The zero-order valence-electron chi connectivity index (χ0n) is 14.5. The summed E-state index contributed by atoms with van der Waals surface area (Å²) in [4.78, 5) is 11.9. The predicted octanol–water partition coefficient (Wildman–Crippen LogP) is 2.62. The van der Waals surface area contributed by atoms with Gasteiger partial charge in [0, 0.05) is 13.1 Å². The summed E-state index contributed by atoms with van der Waals surface area (Å²) in [5, 5.41) is 6.45. The Balaban J connectivity index is 0.00000196. The Labute approximate surface area is 159 Å². The summed E-state index contributed by atoms with van der Waals surface area (Å²) in [6.07, 6.45) is 1.71. The molecule has 0 aliphatic carbocycles. The smallest absolute Gasteiger partial charge is 0.257 e. The number of ether oxygens (including phenoxy) is 2. The minimum atomic E-state index is -0.105. The van der Waals surface area contributed by atoms with Gasteiger partial charge in [-0.1, -0.05) is 18.2 Å². The first-order valence-corrected chi connectivity index (χ1v) is 8.78. The van der Waals surface area contributed by atoms with E-state index in [2.05, 4.69) is 34.9 Å². The second kappa shape index (κ2) is 8.43. The van der Waals surface area contributed by atoms with Crippen molar-refractivity contribution in [1.82, 2.24) is 10.6 Å². The SMILES string of the molecule is Cl.O=C1COc2ccc3c(c2)CCNC3c2cccc(c2)OCCCN1. The monoisotopic (exact) mass is 374 g/mol. The summed E-state index contributed by atoms with van der Waals surface area (Å²) >= 11 is 0. The van der Waals surface area contributed by atoms with E-state index in [-0.39, 0.29) is 31.0 Å². The highest BCUT2D eigenvalue weighted by Crippen LogP contribution is 2.32. The van der Waals surface area contributed by atoms with E-state index in [0.717, 1.165) is 30.9 Å². The Morgan fingerprint density at radius 2 is 1.88 bits per heavy atom.